The van der Waals surface area contributed by atoms with Crippen LogP contribution in [0.4, 0.5) is 17.3 Å². The summed E-state index contributed by atoms with van der Waals surface area (Å²) in [6.45, 7) is 2.04. The second-order valence-electron chi connectivity index (χ2n) is 8.29. The number of sulfonamides is 1. The van der Waals surface area contributed by atoms with Gasteiger partial charge in [0.25, 0.3) is 0 Å². The minimum Gasteiger partial charge on any atom is -0.494 e. The summed E-state index contributed by atoms with van der Waals surface area (Å²) in [5.74, 6) is 0.764. The van der Waals surface area contributed by atoms with Gasteiger partial charge in [0.2, 0.25) is 21.9 Å². The number of benzene rings is 2. The second-order valence-corrected chi connectivity index (χ2v) is 10.5. The number of hydrogen-bond acceptors (Lipinski definition) is 7. The fourth-order valence-corrected chi connectivity index (χ4v) is 5.05. The average molecular weight is 512 g/mol. The molecule has 3 heterocycles. The van der Waals surface area contributed by atoms with Gasteiger partial charge in [0, 0.05) is 34.5 Å². The van der Waals surface area contributed by atoms with Gasteiger partial charge in [0.1, 0.15) is 5.76 Å². The van der Waals surface area contributed by atoms with Crippen LogP contribution in [0.15, 0.2) is 65.4 Å². The molecule has 2 aliphatic rings. The lowest BCUT2D eigenvalue weighted by Gasteiger charge is -2.12. The number of hydrogen-bond donors (Lipinski definition) is 3. The van der Waals surface area contributed by atoms with Crippen molar-refractivity contribution in [2.75, 3.05) is 17.2 Å². The molecule has 0 spiro atoms. The number of rotatable bonds is 6. The highest BCUT2D eigenvalue weighted by Gasteiger charge is 2.22. The molecule has 0 radical (unpaired) electrons. The number of halogens is 1. The van der Waals surface area contributed by atoms with E-state index >= 15 is 0 Å². The molecule has 11 heteroatoms. The van der Waals surface area contributed by atoms with Gasteiger partial charge < -0.3 is 15.4 Å². The Balaban J connectivity index is 1.33. The normalized spacial score (nSPS) is 16.9. The van der Waals surface area contributed by atoms with Crippen molar-refractivity contribution in [3.8, 4) is 11.3 Å². The maximum absolute atomic E-state index is 12.6. The second kappa shape index (κ2) is 9.29. The third-order valence-electron chi connectivity index (χ3n) is 5.61. The Bertz CT molecular complexity index is 1440. The van der Waals surface area contributed by atoms with Gasteiger partial charge in [-0.1, -0.05) is 11.6 Å². The lowest BCUT2D eigenvalue weighted by molar-refractivity contribution is -0.115. The van der Waals surface area contributed by atoms with Crippen LogP contribution in [0.3, 0.4) is 0 Å². The zero-order valence-electron chi connectivity index (χ0n) is 18.7. The zero-order chi connectivity index (χ0) is 24.6. The topological polar surface area (TPSA) is 122 Å². The van der Waals surface area contributed by atoms with Gasteiger partial charge in [0.15, 0.2) is 0 Å². The number of anilines is 3. The van der Waals surface area contributed by atoms with E-state index in [1.165, 1.54) is 12.1 Å². The Kier molecular flexibility index (Phi) is 6.18. The SMILES string of the molecule is CC1CC=C(CNS(=O)(=O)c2ccc(Nc3ncc4c(n3)-c3ccc(Cl)cc3NC(=O)C4)cc2)O1. The molecule has 35 heavy (non-hydrogen) atoms. The predicted octanol–water partition coefficient (Wildman–Crippen LogP) is 4.01. The molecule has 0 saturated carbocycles. The fourth-order valence-electron chi connectivity index (χ4n) is 3.89. The molecule has 3 aromatic rings. The van der Waals surface area contributed by atoms with Crippen LogP contribution < -0.4 is 15.4 Å². The highest BCUT2D eigenvalue weighted by molar-refractivity contribution is 7.89. The first-order valence-corrected chi connectivity index (χ1v) is 12.8. The first-order valence-electron chi connectivity index (χ1n) is 10.9. The lowest BCUT2D eigenvalue weighted by atomic mass is 10.1. The van der Waals surface area contributed by atoms with Crippen LogP contribution in [0, 0.1) is 0 Å². The number of fused-ring (bicyclic) bond motifs is 3. The highest BCUT2D eigenvalue weighted by Crippen LogP contribution is 2.35. The van der Waals surface area contributed by atoms with E-state index in [1.807, 2.05) is 13.0 Å². The molecule has 0 aliphatic carbocycles. The van der Waals surface area contributed by atoms with Crippen molar-refractivity contribution in [1.82, 2.24) is 14.7 Å². The Morgan fingerprint density at radius 1 is 1.20 bits per heavy atom. The molecule has 0 bridgehead atoms. The van der Waals surface area contributed by atoms with E-state index in [0.717, 1.165) is 12.0 Å². The van der Waals surface area contributed by atoms with Gasteiger partial charge in [-0.25, -0.2) is 23.1 Å². The molecule has 1 atom stereocenters. The van der Waals surface area contributed by atoms with Crippen LogP contribution in [0.1, 0.15) is 18.9 Å². The number of aromatic nitrogens is 2. The quantitative estimate of drug-likeness (QED) is 0.457. The van der Waals surface area contributed by atoms with Gasteiger partial charge in [-0.3, -0.25) is 4.79 Å². The largest absolute Gasteiger partial charge is 0.494 e. The van der Waals surface area contributed by atoms with Crippen LogP contribution in [0.5, 0.6) is 0 Å². The summed E-state index contributed by atoms with van der Waals surface area (Å²) < 4.78 is 33.3. The molecule has 2 aliphatic heterocycles. The Labute approximate surface area is 207 Å². The minimum absolute atomic E-state index is 0.0677. The maximum atomic E-state index is 12.6. The van der Waals surface area contributed by atoms with Crippen molar-refractivity contribution in [2.24, 2.45) is 0 Å². The average Bonchev–Trinajstić information content (AvgIpc) is 3.18. The smallest absolute Gasteiger partial charge is 0.240 e. The Hall–Kier alpha value is -3.47. The van der Waals surface area contributed by atoms with E-state index in [1.54, 1.807) is 36.5 Å². The van der Waals surface area contributed by atoms with Crippen LogP contribution >= 0.6 is 11.6 Å². The predicted molar refractivity (Wildman–Crippen MR) is 133 cm³/mol. The maximum Gasteiger partial charge on any atom is 0.240 e. The third-order valence-corrected chi connectivity index (χ3v) is 7.27. The number of carbonyl (C=O) groups excluding carboxylic acids is 1. The molecule has 1 aromatic heterocycles. The molecular formula is C24H22ClN5O4S. The molecule has 0 saturated heterocycles. The first-order chi connectivity index (χ1) is 16.8. The summed E-state index contributed by atoms with van der Waals surface area (Å²) in [5, 5.41) is 6.44. The van der Waals surface area contributed by atoms with Gasteiger partial charge >= 0.3 is 0 Å². The number of ether oxygens (including phenoxy) is 1. The van der Waals surface area contributed by atoms with Crippen LogP contribution in [0.25, 0.3) is 11.3 Å². The van der Waals surface area contributed by atoms with Crippen molar-refractivity contribution in [2.45, 2.75) is 30.8 Å². The summed E-state index contributed by atoms with van der Waals surface area (Å²) in [7, 11) is -3.69. The van der Waals surface area contributed by atoms with E-state index in [2.05, 4.69) is 25.3 Å². The van der Waals surface area contributed by atoms with Crippen LogP contribution in [0.2, 0.25) is 5.02 Å². The summed E-state index contributed by atoms with van der Waals surface area (Å²) in [6, 6.07) is 11.5. The van der Waals surface area contributed by atoms with E-state index in [-0.39, 0.29) is 29.9 Å². The summed E-state index contributed by atoms with van der Waals surface area (Å²) in [4.78, 5) is 21.3. The van der Waals surface area contributed by atoms with E-state index in [9.17, 15) is 13.2 Å². The zero-order valence-corrected chi connectivity index (χ0v) is 20.3. The molecule has 180 valence electrons. The molecule has 2 aromatic carbocycles. The van der Waals surface area contributed by atoms with Crippen LogP contribution in [-0.4, -0.2) is 36.9 Å². The molecule has 9 nitrogen and oxygen atoms in total. The third kappa shape index (κ3) is 5.14. The standard InChI is InChI=1S/C24H22ClN5O4S/c1-14-2-6-18(34-14)13-27-35(32,33)19-7-4-17(5-8-19)28-24-26-12-15-10-22(31)29-21-11-16(25)3-9-20(21)23(15)30-24/h3-9,11-12,14,27H,2,10,13H2,1H3,(H,29,31)(H,26,28,30). The molecule has 0 fully saturated rings. The monoisotopic (exact) mass is 511 g/mol. The van der Waals surface area contributed by atoms with Crippen molar-refractivity contribution < 1.29 is 17.9 Å². The van der Waals surface area contributed by atoms with E-state index in [0.29, 0.717) is 39.4 Å². The Morgan fingerprint density at radius 3 is 2.74 bits per heavy atom. The minimum atomic E-state index is -3.69. The molecule has 5 rings (SSSR count). The van der Waals surface area contributed by atoms with Gasteiger partial charge in [-0.15, -0.1) is 0 Å². The highest BCUT2D eigenvalue weighted by atomic mass is 35.5. The molecule has 1 amide bonds. The van der Waals surface area contributed by atoms with Crippen molar-refractivity contribution in [1.29, 1.82) is 0 Å². The molecular weight excluding hydrogens is 490 g/mol. The van der Waals surface area contributed by atoms with Crippen molar-refractivity contribution in [3.05, 3.63) is 71.1 Å². The van der Waals surface area contributed by atoms with Crippen LogP contribution in [-0.2, 0) is 26.0 Å². The van der Waals surface area contributed by atoms with Gasteiger partial charge in [-0.05, 0) is 55.5 Å². The van der Waals surface area contributed by atoms with Gasteiger partial charge in [-0.2, -0.15) is 0 Å². The van der Waals surface area contributed by atoms with Gasteiger partial charge in [0.05, 0.1) is 35.3 Å². The summed E-state index contributed by atoms with van der Waals surface area (Å²) in [6.07, 6.45) is 4.48. The van der Waals surface area contributed by atoms with E-state index in [4.69, 9.17) is 16.3 Å². The first kappa shape index (κ1) is 23.3. The fraction of sp³-hybridized carbons (Fsp3) is 0.208. The molecule has 3 N–H and O–H groups in total. The van der Waals surface area contributed by atoms with E-state index < -0.39 is 10.0 Å². The lowest BCUT2D eigenvalue weighted by Crippen LogP contribution is -2.26. The number of carbonyl (C=O) groups is 1. The number of amides is 1. The Morgan fingerprint density at radius 2 is 2.00 bits per heavy atom. The molecule has 1 unspecified atom stereocenters. The van der Waals surface area contributed by atoms with Crippen molar-refractivity contribution >= 4 is 44.9 Å². The number of nitrogens with one attached hydrogen (secondary N) is 3. The summed E-state index contributed by atoms with van der Waals surface area (Å²) in [5.41, 5.74) is 3.25. The van der Waals surface area contributed by atoms with Crippen molar-refractivity contribution in [3.63, 3.8) is 0 Å². The summed E-state index contributed by atoms with van der Waals surface area (Å²) >= 11 is 6.09. The number of nitrogens with zero attached hydrogens (tertiary/aromatic N) is 2.